The Labute approximate surface area is 172 Å². The third-order valence-corrected chi connectivity index (χ3v) is 4.43. The third-order valence-electron chi connectivity index (χ3n) is 4.43. The van der Waals surface area contributed by atoms with E-state index in [2.05, 4.69) is 42.8 Å². The SMILES string of the molecule is CCN(CC)CC(C(=O)Nc1ccccc1OC)N(CC)CC.O=C(O)C(=O)O. The van der Waals surface area contributed by atoms with E-state index in [1.54, 1.807) is 7.11 Å². The second-order valence-corrected chi connectivity index (χ2v) is 6.02. The first-order chi connectivity index (χ1) is 13.7. The first kappa shape index (κ1) is 26.4. The Kier molecular flexibility index (Phi) is 13.0. The van der Waals surface area contributed by atoms with Crippen LogP contribution in [-0.4, -0.2) is 83.7 Å². The van der Waals surface area contributed by atoms with Crippen molar-refractivity contribution in [1.29, 1.82) is 0 Å². The summed E-state index contributed by atoms with van der Waals surface area (Å²) in [7, 11) is 1.61. The number of methoxy groups -OCH3 is 1. The van der Waals surface area contributed by atoms with Gasteiger partial charge in [0.15, 0.2) is 0 Å². The number of hydrogen-bond donors (Lipinski definition) is 3. The summed E-state index contributed by atoms with van der Waals surface area (Å²) < 4.78 is 5.32. The summed E-state index contributed by atoms with van der Waals surface area (Å²) >= 11 is 0. The second kappa shape index (κ2) is 14.4. The van der Waals surface area contributed by atoms with Crippen LogP contribution in [0.3, 0.4) is 0 Å². The highest BCUT2D eigenvalue weighted by molar-refractivity contribution is 6.27. The number of aliphatic carboxylic acids is 2. The molecule has 9 nitrogen and oxygen atoms in total. The van der Waals surface area contributed by atoms with Crippen LogP contribution in [0.2, 0.25) is 0 Å². The molecule has 164 valence electrons. The van der Waals surface area contributed by atoms with Gasteiger partial charge in [0.1, 0.15) is 11.8 Å². The highest BCUT2D eigenvalue weighted by atomic mass is 16.5. The molecule has 0 spiro atoms. The van der Waals surface area contributed by atoms with Crippen LogP contribution in [0.25, 0.3) is 0 Å². The molecular formula is C20H33N3O6. The first-order valence-electron chi connectivity index (χ1n) is 9.61. The highest BCUT2D eigenvalue weighted by Gasteiger charge is 2.26. The lowest BCUT2D eigenvalue weighted by Gasteiger charge is -2.32. The van der Waals surface area contributed by atoms with Crippen molar-refractivity contribution >= 4 is 23.5 Å². The van der Waals surface area contributed by atoms with E-state index in [9.17, 15) is 4.79 Å². The fourth-order valence-electron chi connectivity index (χ4n) is 2.72. The van der Waals surface area contributed by atoms with Gasteiger partial charge in [0.05, 0.1) is 12.8 Å². The van der Waals surface area contributed by atoms with Crippen molar-refractivity contribution < 1.29 is 29.3 Å². The van der Waals surface area contributed by atoms with E-state index in [-0.39, 0.29) is 11.9 Å². The van der Waals surface area contributed by atoms with Gasteiger partial charge in [0.25, 0.3) is 0 Å². The van der Waals surface area contributed by atoms with Crippen LogP contribution in [0.5, 0.6) is 5.75 Å². The van der Waals surface area contributed by atoms with E-state index < -0.39 is 11.9 Å². The molecule has 0 aliphatic rings. The normalized spacial score (nSPS) is 11.4. The van der Waals surface area contributed by atoms with Gasteiger partial charge in [0.2, 0.25) is 5.91 Å². The zero-order valence-corrected chi connectivity index (χ0v) is 17.8. The molecule has 1 aromatic carbocycles. The third kappa shape index (κ3) is 9.40. The molecule has 3 N–H and O–H groups in total. The van der Waals surface area contributed by atoms with E-state index in [4.69, 9.17) is 24.5 Å². The van der Waals surface area contributed by atoms with Crippen LogP contribution in [0.15, 0.2) is 24.3 Å². The lowest BCUT2D eigenvalue weighted by Crippen LogP contribution is -2.50. The van der Waals surface area contributed by atoms with Crippen molar-refractivity contribution in [2.24, 2.45) is 0 Å². The number of rotatable bonds is 10. The molecule has 1 atom stereocenters. The molecule has 0 aliphatic carbocycles. The molecule has 0 fully saturated rings. The topological polar surface area (TPSA) is 119 Å². The number of carbonyl (C=O) groups excluding carboxylic acids is 1. The van der Waals surface area contributed by atoms with Crippen molar-refractivity contribution in [2.45, 2.75) is 33.7 Å². The van der Waals surface area contributed by atoms with Gasteiger partial charge in [-0.25, -0.2) is 9.59 Å². The Morgan fingerprint density at radius 1 is 0.966 bits per heavy atom. The molecule has 0 heterocycles. The van der Waals surface area contributed by atoms with Gasteiger partial charge in [-0.15, -0.1) is 0 Å². The number of anilines is 1. The molecule has 1 unspecified atom stereocenters. The highest BCUT2D eigenvalue weighted by Crippen LogP contribution is 2.23. The number of hydrogen-bond acceptors (Lipinski definition) is 6. The molecule has 9 heteroatoms. The molecule has 0 bridgehead atoms. The first-order valence-corrected chi connectivity index (χ1v) is 9.61. The van der Waals surface area contributed by atoms with Crippen LogP contribution in [0.1, 0.15) is 27.7 Å². The zero-order chi connectivity index (χ0) is 22.4. The van der Waals surface area contributed by atoms with Crippen LogP contribution in [0, 0.1) is 0 Å². The van der Waals surface area contributed by atoms with Gasteiger partial charge in [-0.3, -0.25) is 9.69 Å². The van der Waals surface area contributed by atoms with E-state index in [1.807, 2.05) is 24.3 Å². The zero-order valence-electron chi connectivity index (χ0n) is 17.8. The molecule has 0 saturated heterocycles. The predicted molar refractivity (Wildman–Crippen MR) is 111 cm³/mol. The largest absolute Gasteiger partial charge is 0.495 e. The summed E-state index contributed by atoms with van der Waals surface area (Å²) in [6.45, 7) is 12.7. The van der Waals surface area contributed by atoms with E-state index in [0.717, 1.165) is 38.4 Å². The Balaban J connectivity index is 0.00000113. The van der Waals surface area contributed by atoms with Gasteiger partial charge in [-0.05, 0) is 38.3 Å². The van der Waals surface area contributed by atoms with E-state index in [1.165, 1.54) is 0 Å². The molecule has 1 rings (SSSR count). The molecule has 0 radical (unpaired) electrons. The number of amides is 1. The van der Waals surface area contributed by atoms with Gasteiger partial charge in [0, 0.05) is 6.54 Å². The van der Waals surface area contributed by atoms with Crippen molar-refractivity contribution in [2.75, 3.05) is 45.2 Å². The van der Waals surface area contributed by atoms with Crippen LogP contribution < -0.4 is 10.1 Å². The van der Waals surface area contributed by atoms with Crippen LogP contribution in [0.4, 0.5) is 5.69 Å². The summed E-state index contributed by atoms with van der Waals surface area (Å²) in [5.74, 6) is -2.95. The smallest absolute Gasteiger partial charge is 0.414 e. The van der Waals surface area contributed by atoms with E-state index >= 15 is 0 Å². The average Bonchev–Trinajstić information content (AvgIpc) is 2.71. The standard InChI is InChI=1S/C18H31N3O2.C2H2O4/c1-6-20(7-2)14-16(21(8-3)9-4)18(22)19-15-12-10-11-13-17(15)23-5;3-1(4)2(5)6/h10-13,16H,6-9,14H2,1-5H3,(H,19,22);(H,3,4)(H,5,6). The molecular weight excluding hydrogens is 378 g/mol. The molecule has 1 amide bonds. The van der Waals surface area contributed by atoms with E-state index in [0.29, 0.717) is 5.75 Å². The van der Waals surface area contributed by atoms with Crippen LogP contribution >= 0.6 is 0 Å². The number of nitrogens with one attached hydrogen (secondary N) is 1. The fourth-order valence-corrected chi connectivity index (χ4v) is 2.72. The van der Waals surface area contributed by atoms with Crippen LogP contribution in [-0.2, 0) is 14.4 Å². The molecule has 0 aromatic heterocycles. The summed E-state index contributed by atoms with van der Waals surface area (Å²) in [6, 6.07) is 7.34. The van der Waals surface area contributed by atoms with Gasteiger partial charge in [-0.2, -0.15) is 0 Å². The Morgan fingerprint density at radius 2 is 1.48 bits per heavy atom. The molecule has 0 saturated carbocycles. The summed E-state index contributed by atoms with van der Waals surface area (Å²) in [4.78, 5) is 35.6. The maximum atomic E-state index is 12.9. The minimum absolute atomic E-state index is 0.0186. The average molecular weight is 411 g/mol. The number of carboxylic acids is 2. The molecule has 0 aliphatic heterocycles. The predicted octanol–water partition coefficient (Wildman–Crippen LogP) is 1.84. The van der Waals surface area contributed by atoms with Crippen molar-refractivity contribution in [3.63, 3.8) is 0 Å². The number of carboxylic acid groups (broad SMARTS) is 2. The number of ether oxygens (including phenoxy) is 1. The maximum Gasteiger partial charge on any atom is 0.414 e. The van der Waals surface area contributed by atoms with Gasteiger partial charge >= 0.3 is 11.9 Å². The minimum atomic E-state index is -1.82. The number of para-hydroxylation sites is 2. The molecule has 29 heavy (non-hydrogen) atoms. The number of nitrogens with zero attached hydrogens (tertiary/aromatic N) is 2. The Morgan fingerprint density at radius 3 is 1.90 bits per heavy atom. The Hall–Kier alpha value is -2.65. The lowest BCUT2D eigenvalue weighted by atomic mass is 10.2. The molecule has 1 aromatic rings. The Bertz CT molecular complexity index is 633. The van der Waals surface area contributed by atoms with Crippen molar-refractivity contribution in [3.8, 4) is 5.75 Å². The van der Waals surface area contributed by atoms with Gasteiger partial charge in [-0.1, -0.05) is 39.8 Å². The van der Waals surface area contributed by atoms with Gasteiger partial charge < -0.3 is 25.2 Å². The summed E-state index contributed by atoms with van der Waals surface area (Å²) in [5, 5.41) is 17.8. The second-order valence-electron chi connectivity index (χ2n) is 6.02. The fraction of sp³-hybridized carbons (Fsp3) is 0.550. The quantitative estimate of drug-likeness (QED) is 0.499. The minimum Gasteiger partial charge on any atom is -0.495 e. The lowest BCUT2D eigenvalue weighted by molar-refractivity contribution is -0.159. The number of likely N-dealkylation sites (N-methyl/N-ethyl adjacent to an activating group) is 2. The summed E-state index contributed by atoms with van der Waals surface area (Å²) in [6.07, 6.45) is 0. The number of benzene rings is 1. The van der Waals surface area contributed by atoms with Crippen molar-refractivity contribution in [3.05, 3.63) is 24.3 Å². The number of carbonyl (C=O) groups is 3. The maximum absolute atomic E-state index is 12.9. The monoisotopic (exact) mass is 411 g/mol. The van der Waals surface area contributed by atoms with Crippen molar-refractivity contribution in [1.82, 2.24) is 9.80 Å². The summed E-state index contributed by atoms with van der Waals surface area (Å²) in [5.41, 5.74) is 0.719.